The molecule has 66 heavy (non-hydrogen) atoms. The molecule has 0 aromatic carbocycles. The van der Waals surface area contributed by atoms with E-state index >= 15 is 0 Å². The number of carbonyl (C=O) groups excluding carboxylic acids is 2. The van der Waals surface area contributed by atoms with Crippen molar-refractivity contribution in [2.45, 2.75) is 309 Å². The van der Waals surface area contributed by atoms with Crippen LogP contribution in [0.2, 0.25) is 0 Å². The fourth-order valence-electron chi connectivity index (χ4n) is 8.60. The molecule has 0 bridgehead atoms. The molecule has 6 nitrogen and oxygen atoms in total. The van der Waals surface area contributed by atoms with Gasteiger partial charge in [0.25, 0.3) is 0 Å². The van der Waals surface area contributed by atoms with E-state index in [0.717, 1.165) is 57.8 Å². The lowest BCUT2D eigenvalue weighted by Crippen LogP contribution is -2.45. The molecule has 0 aliphatic heterocycles. The van der Waals surface area contributed by atoms with Crippen molar-refractivity contribution in [3.05, 3.63) is 48.6 Å². The first kappa shape index (κ1) is 63.8. The molecule has 3 N–H and O–H groups in total. The van der Waals surface area contributed by atoms with Gasteiger partial charge in [0.2, 0.25) is 5.91 Å². The van der Waals surface area contributed by atoms with Gasteiger partial charge in [-0.15, -0.1) is 0 Å². The van der Waals surface area contributed by atoms with Crippen LogP contribution in [0.1, 0.15) is 296 Å². The topological polar surface area (TPSA) is 95.9 Å². The van der Waals surface area contributed by atoms with Gasteiger partial charge in [-0.2, -0.15) is 0 Å². The molecule has 0 aliphatic rings. The number of unbranched alkanes of at least 4 members (excludes halogenated alkanes) is 36. The first-order valence-electron chi connectivity index (χ1n) is 28.9. The lowest BCUT2D eigenvalue weighted by molar-refractivity contribution is -0.143. The highest BCUT2D eigenvalue weighted by Crippen LogP contribution is 2.15. The Bertz CT molecular complexity index is 1110. The third-order valence-corrected chi connectivity index (χ3v) is 13.1. The molecule has 0 aliphatic carbocycles. The molecule has 0 aromatic heterocycles. The van der Waals surface area contributed by atoms with E-state index < -0.39 is 12.1 Å². The fourth-order valence-corrected chi connectivity index (χ4v) is 8.60. The number of amides is 1. The van der Waals surface area contributed by atoms with Gasteiger partial charge < -0.3 is 20.3 Å². The molecule has 0 aromatic rings. The highest BCUT2D eigenvalue weighted by molar-refractivity contribution is 5.76. The Morgan fingerprint density at radius 2 is 0.758 bits per heavy atom. The highest BCUT2D eigenvalue weighted by Gasteiger charge is 2.18. The normalized spacial score (nSPS) is 13.0. The Hall–Kier alpha value is -2.18. The van der Waals surface area contributed by atoms with Crippen LogP contribution in [-0.4, -0.2) is 47.4 Å². The average Bonchev–Trinajstić information content (AvgIpc) is 3.32. The third kappa shape index (κ3) is 51.2. The van der Waals surface area contributed by atoms with Gasteiger partial charge in [-0.3, -0.25) is 9.59 Å². The SMILES string of the molecule is CCCCCC/C=C\C/C=C\CCCCCCCC(=O)OCCCCCCCCCCC/C=C\CCCCCCCCCC(=O)NC(CO)C(O)/C=C/CCCCCCCCCCCCC. The smallest absolute Gasteiger partial charge is 0.305 e. The third-order valence-electron chi connectivity index (χ3n) is 13.1. The van der Waals surface area contributed by atoms with Crippen LogP contribution in [0.25, 0.3) is 0 Å². The largest absolute Gasteiger partial charge is 0.466 e. The number of carbonyl (C=O) groups is 2. The molecule has 6 heteroatoms. The van der Waals surface area contributed by atoms with Crippen molar-refractivity contribution in [1.82, 2.24) is 5.32 Å². The molecule has 0 saturated carbocycles. The summed E-state index contributed by atoms with van der Waals surface area (Å²) >= 11 is 0. The van der Waals surface area contributed by atoms with Gasteiger partial charge in [0.05, 0.1) is 25.4 Å². The van der Waals surface area contributed by atoms with Crippen molar-refractivity contribution >= 4 is 11.9 Å². The number of esters is 1. The van der Waals surface area contributed by atoms with Crippen LogP contribution in [0.5, 0.6) is 0 Å². The number of rotatable bonds is 53. The summed E-state index contributed by atoms with van der Waals surface area (Å²) < 4.78 is 5.47. The van der Waals surface area contributed by atoms with Crippen LogP contribution in [0.3, 0.4) is 0 Å². The Morgan fingerprint density at radius 3 is 1.18 bits per heavy atom. The van der Waals surface area contributed by atoms with Gasteiger partial charge in [-0.1, -0.05) is 242 Å². The van der Waals surface area contributed by atoms with E-state index in [1.165, 1.54) is 212 Å². The maximum absolute atomic E-state index is 12.4. The number of nitrogens with one attached hydrogen (secondary N) is 1. The molecular formula is C60H111NO5. The zero-order valence-corrected chi connectivity index (χ0v) is 43.9. The lowest BCUT2D eigenvalue weighted by atomic mass is 10.0. The van der Waals surface area contributed by atoms with Gasteiger partial charge in [0.15, 0.2) is 0 Å². The van der Waals surface area contributed by atoms with Crippen molar-refractivity contribution in [2.24, 2.45) is 0 Å². The summed E-state index contributed by atoms with van der Waals surface area (Å²) in [4.78, 5) is 24.5. The fraction of sp³-hybridized carbons (Fsp3) is 0.833. The van der Waals surface area contributed by atoms with Crippen LogP contribution in [-0.2, 0) is 14.3 Å². The maximum atomic E-state index is 12.4. The van der Waals surface area contributed by atoms with Crippen molar-refractivity contribution in [3.8, 4) is 0 Å². The molecule has 2 atom stereocenters. The summed E-state index contributed by atoms with van der Waals surface area (Å²) in [6.07, 6.45) is 69.9. The average molecular weight is 927 g/mol. The van der Waals surface area contributed by atoms with Gasteiger partial charge in [-0.25, -0.2) is 0 Å². The van der Waals surface area contributed by atoms with Crippen molar-refractivity contribution in [2.75, 3.05) is 13.2 Å². The molecule has 386 valence electrons. The van der Waals surface area contributed by atoms with E-state index in [9.17, 15) is 19.8 Å². The van der Waals surface area contributed by atoms with Gasteiger partial charge in [0.1, 0.15) is 0 Å². The van der Waals surface area contributed by atoms with E-state index in [4.69, 9.17) is 4.74 Å². The predicted octanol–water partition coefficient (Wildman–Crippen LogP) is 17.8. The Morgan fingerprint density at radius 1 is 0.424 bits per heavy atom. The van der Waals surface area contributed by atoms with Crippen LogP contribution in [0, 0.1) is 0 Å². The summed E-state index contributed by atoms with van der Waals surface area (Å²) in [6, 6.07) is -0.634. The molecule has 0 rings (SSSR count). The standard InChI is InChI=1S/C60H111NO5/c1-3-5-7-9-11-13-15-17-18-26-30-34-38-42-46-50-54-60(65)66-55-51-47-43-39-35-31-27-24-22-20-19-21-23-25-29-33-37-41-45-49-53-59(64)61-57(56-62)58(63)52-48-44-40-36-32-28-16-14-12-10-8-6-4-2/h13,15,18-19,21,26,48,52,57-58,62-63H,3-12,14,16-17,20,22-25,27-47,49-51,53-56H2,1-2H3,(H,61,64)/b15-13-,21-19-,26-18-,52-48+. The summed E-state index contributed by atoms with van der Waals surface area (Å²) in [5, 5.41) is 23.0. The van der Waals surface area contributed by atoms with E-state index in [-0.39, 0.29) is 18.5 Å². The van der Waals surface area contributed by atoms with Crippen molar-refractivity contribution in [3.63, 3.8) is 0 Å². The summed E-state index contributed by atoms with van der Waals surface area (Å²) in [7, 11) is 0. The predicted molar refractivity (Wildman–Crippen MR) is 287 cm³/mol. The first-order valence-corrected chi connectivity index (χ1v) is 28.9. The zero-order chi connectivity index (χ0) is 47.9. The molecule has 0 saturated heterocycles. The maximum Gasteiger partial charge on any atom is 0.305 e. The van der Waals surface area contributed by atoms with Crippen LogP contribution in [0.15, 0.2) is 48.6 Å². The van der Waals surface area contributed by atoms with Gasteiger partial charge in [0, 0.05) is 12.8 Å². The van der Waals surface area contributed by atoms with Crippen molar-refractivity contribution in [1.29, 1.82) is 0 Å². The second-order valence-corrected chi connectivity index (χ2v) is 19.6. The second-order valence-electron chi connectivity index (χ2n) is 19.6. The lowest BCUT2D eigenvalue weighted by Gasteiger charge is -2.20. The summed E-state index contributed by atoms with van der Waals surface area (Å²) in [5.74, 6) is -0.0863. The number of aliphatic hydroxyl groups excluding tert-OH is 2. The number of hydrogen-bond donors (Lipinski definition) is 3. The quantitative estimate of drug-likeness (QED) is 0.0321. The van der Waals surface area contributed by atoms with Gasteiger partial charge in [-0.05, 0) is 89.9 Å². The van der Waals surface area contributed by atoms with E-state index in [0.29, 0.717) is 19.4 Å². The molecule has 0 heterocycles. The van der Waals surface area contributed by atoms with E-state index in [1.54, 1.807) is 6.08 Å². The van der Waals surface area contributed by atoms with Crippen LogP contribution >= 0.6 is 0 Å². The monoisotopic (exact) mass is 926 g/mol. The highest BCUT2D eigenvalue weighted by atomic mass is 16.5. The molecule has 0 fully saturated rings. The summed E-state index contributed by atoms with van der Waals surface area (Å²) in [6.45, 7) is 4.86. The van der Waals surface area contributed by atoms with Crippen LogP contribution in [0.4, 0.5) is 0 Å². The number of aliphatic hydroxyl groups is 2. The Balaban J connectivity index is 3.46. The number of allylic oxidation sites excluding steroid dienone is 7. The number of hydrogen-bond acceptors (Lipinski definition) is 5. The Labute approximate surface area is 410 Å². The Kier molecular flexibility index (Phi) is 53.6. The first-order chi connectivity index (χ1) is 32.5. The minimum Gasteiger partial charge on any atom is -0.466 e. The zero-order valence-electron chi connectivity index (χ0n) is 43.9. The van der Waals surface area contributed by atoms with Gasteiger partial charge >= 0.3 is 5.97 Å². The number of ether oxygens (including phenoxy) is 1. The van der Waals surface area contributed by atoms with E-state index in [1.807, 2.05) is 6.08 Å². The second kappa shape index (κ2) is 55.4. The minimum atomic E-state index is -0.850. The van der Waals surface area contributed by atoms with E-state index in [2.05, 4.69) is 55.6 Å². The molecule has 0 spiro atoms. The molecular weight excluding hydrogens is 815 g/mol. The van der Waals surface area contributed by atoms with Crippen molar-refractivity contribution < 1.29 is 24.5 Å². The molecule has 2 unspecified atom stereocenters. The van der Waals surface area contributed by atoms with Crippen LogP contribution < -0.4 is 5.32 Å². The molecule has 0 radical (unpaired) electrons. The minimum absolute atomic E-state index is 0.00853. The molecule has 1 amide bonds. The summed E-state index contributed by atoms with van der Waals surface area (Å²) in [5.41, 5.74) is 0.